The number of hydrogen-bond acceptors (Lipinski definition) is 3. The SMILES string of the molecule is C#CCCC(NCCC)c1cnn(-c2ccccc2)n1. The molecule has 20 heavy (non-hydrogen) atoms. The highest BCUT2D eigenvalue weighted by molar-refractivity contribution is 5.28. The summed E-state index contributed by atoms with van der Waals surface area (Å²) in [5.74, 6) is 2.69. The average molecular weight is 268 g/mol. The Labute approximate surface area is 120 Å². The van der Waals surface area contributed by atoms with Gasteiger partial charge in [-0.1, -0.05) is 25.1 Å². The van der Waals surface area contributed by atoms with Crippen molar-refractivity contribution in [1.82, 2.24) is 20.3 Å². The van der Waals surface area contributed by atoms with Crippen LogP contribution in [0.2, 0.25) is 0 Å². The Morgan fingerprint density at radius 3 is 2.85 bits per heavy atom. The molecule has 0 saturated heterocycles. The van der Waals surface area contributed by atoms with Gasteiger partial charge in [-0.3, -0.25) is 0 Å². The summed E-state index contributed by atoms with van der Waals surface area (Å²) < 4.78 is 0. The maximum atomic E-state index is 5.36. The highest BCUT2D eigenvalue weighted by Gasteiger charge is 2.14. The van der Waals surface area contributed by atoms with E-state index in [1.54, 1.807) is 4.80 Å². The number of benzene rings is 1. The van der Waals surface area contributed by atoms with Gasteiger partial charge in [-0.15, -0.1) is 12.3 Å². The van der Waals surface area contributed by atoms with Crippen LogP contribution in [-0.2, 0) is 0 Å². The molecule has 0 amide bonds. The summed E-state index contributed by atoms with van der Waals surface area (Å²) in [6.45, 7) is 3.10. The summed E-state index contributed by atoms with van der Waals surface area (Å²) in [6, 6.07) is 10.1. The molecule has 1 aromatic heterocycles. The molecule has 0 aliphatic rings. The third-order valence-electron chi connectivity index (χ3n) is 3.07. The first-order chi connectivity index (χ1) is 9.85. The lowest BCUT2D eigenvalue weighted by Gasteiger charge is -2.14. The fourth-order valence-electron chi connectivity index (χ4n) is 2.02. The molecular formula is C16H20N4. The molecule has 2 aromatic rings. The highest BCUT2D eigenvalue weighted by atomic mass is 15.5. The van der Waals surface area contributed by atoms with E-state index < -0.39 is 0 Å². The van der Waals surface area contributed by atoms with Crippen molar-refractivity contribution in [1.29, 1.82) is 0 Å². The van der Waals surface area contributed by atoms with Crippen molar-refractivity contribution in [3.05, 3.63) is 42.2 Å². The van der Waals surface area contributed by atoms with E-state index in [9.17, 15) is 0 Å². The van der Waals surface area contributed by atoms with Crippen LogP contribution in [0.3, 0.4) is 0 Å². The molecule has 1 heterocycles. The molecule has 1 N–H and O–H groups in total. The summed E-state index contributed by atoms with van der Waals surface area (Å²) >= 11 is 0. The second-order valence-corrected chi connectivity index (χ2v) is 4.64. The summed E-state index contributed by atoms with van der Waals surface area (Å²) in [5.41, 5.74) is 1.91. The number of hydrogen-bond donors (Lipinski definition) is 1. The van der Waals surface area contributed by atoms with Crippen molar-refractivity contribution in [2.75, 3.05) is 6.54 Å². The first kappa shape index (κ1) is 14.3. The fraction of sp³-hybridized carbons (Fsp3) is 0.375. The zero-order valence-electron chi connectivity index (χ0n) is 11.8. The van der Waals surface area contributed by atoms with Gasteiger partial charge in [0.05, 0.1) is 17.9 Å². The van der Waals surface area contributed by atoms with Crippen molar-refractivity contribution in [2.24, 2.45) is 0 Å². The van der Waals surface area contributed by atoms with Crippen LogP contribution >= 0.6 is 0 Å². The van der Waals surface area contributed by atoms with Crippen LogP contribution in [0.4, 0.5) is 0 Å². The zero-order valence-corrected chi connectivity index (χ0v) is 11.8. The van der Waals surface area contributed by atoms with E-state index in [0.29, 0.717) is 0 Å². The van der Waals surface area contributed by atoms with Gasteiger partial charge in [0.2, 0.25) is 0 Å². The molecule has 0 aliphatic heterocycles. The van der Waals surface area contributed by atoms with Gasteiger partial charge in [-0.05, 0) is 31.5 Å². The van der Waals surface area contributed by atoms with Crippen LogP contribution < -0.4 is 5.32 Å². The number of aromatic nitrogens is 3. The van der Waals surface area contributed by atoms with Gasteiger partial charge in [-0.25, -0.2) is 0 Å². The van der Waals surface area contributed by atoms with Gasteiger partial charge in [0, 0.05) is 6.42 Å². The quantitative estimate of drug-likeness (QED) is 0.785. The van der Waals surface area contributed by atoms with Crippen molar-refractivity contribution in [2.45, 2.75) is 32.2 Å². The predicted octanol–water partition coefficient (Wildman–Crippen LogP) is 2.72. The lowest BCUT2D eigenvalue weighted by molar-refractivity contribution is 0.491. The molecule has 1 aromatic carbocycles. The molecule has 1 unspecified atom stereocenters. The normalized spacial score (nSPS) is 12.0. The van der Waals surface area contributed by atoms with E-state index in [4.69, 9.17) is 6.42 Å². The fourth-order valence-corrected chi connectivity index (χ4v) is 2.02. The highest BCUT2D eigenvalue weighted by Crippen LogP contribution is 2.16. The van der Waals surface area contributed by atoms with Crippen LogP contribution in [-0.4, -0.2) is 21.5 Å². The van der Waals surface area contributed by atoms with E-state index in [1.165, 1.54) is 0 Å². The molecule has 0 aliphatic carbocycles. The third kappa shape index (κ3) is 3.69. The Morgan fingerprint density at radius 2 is 2.15 bits per heavy atom. The Hall–Kier alpha value is -2.12. The van der Waals surface area contributed by atoms with Crippen LogP contribution in [0.25, 0.3) is 5.69 Å². The van der Waals surface area contributed by atoms with E-state index in [-0.39, 0.29) is 6.04 Å². The summed E-state index contributed by atoms with van der Waals surface area (Å²) in [5, 5.41) is 12.4. The molecule has 4 nitrogen and oxygen atoms in total. The molecule has 0 spiro atoms. The second kappa shape index (κ2) is 7.46. The van der Waals surface area contributed by atoms with Crippen LogP contribution in [0.5, 0.6) is 0 Å². The van der Waals surface area contributed by atoms with Gasteiger partial charge in [0.25, 0.3) is 0 Å². The molecule has 4 heteroatoms. The molecular weight excluding hydrogens is 248 g/mol. The van der Waals surface area contributed by atoms with Gasteiger partial charge >= 0.3 is 0 Å². The lowest BCUT2D eigenvalue weighted by Crippen LogP contribution is -2.22. The summed E-state index contributed by atoms with van der Waals surface area (Å²) in [4.78, 5) is 1.66. The van der Waals surface area contributed by atoms with Crippen LogP contribution in [0.15, 0.2) is 36.5 Å². The Balaban J connectivity index is 2.13. The molecule has 0 radical (unpaired) electrons. The zero-order chi connectivity index (χ0) is 14.2. The first-order valence-corrected chi connectivity index (χ1v) is 6.99. The van der Waals surface area contributed by atoms with Crippen molar-refractivity contribution < 1.29 is 0 Å². The Kier molecular flexibility index (Phi) is 5.33. The third-order valence-corrected chi connectivity index (χ3v) is 3.07. The predicted molar refractivity (Wildman–Crippen MR) is 80.5 cm³/mol. The summed E-state index contributed by atoms with van der Waals surface area (Å²) in [7, 11) is 0. The average Bonchev–Trinajstić information content (AvgIpc) is 2.98. The molecule has 0 bridgehead atoms. The molecule has 0 saturated carbocycles. The van der Waals surface area contributed by atoms with Crippen LogP contribution in [0.1, 0.15) is 37.9 Å². The summed E-state index contributed by atoms with van der Waals surface area (Å²) in [6.07, 6.45) is 9.87. The largest absolute Gasteiger partial charge is 0.309 e. The molecule has 1 atom stereocenters. The van der Waals surface area contributed by atoms with E-state index in [2.05, 4.69) is 28.4 Å². The van der Waals surface area contributed by atoms with Gasteiger partial charge in [-0.2, -0.15) is 15.0 Å². The van der Waals surface area contributed by atoms with E-state index in [1.807, 2.05) is 36.5 Å². The minimum Gasteiger partial charge on any atom is -0.309 e. The van der Waals surface area contributed by atoms with Crippen molar-refractivity contribution in [3.63, 3.8) is 0 Å². The van der Waals surface area contributed by atoms with Gasteiger partial charge in [0.15, 0.2) is 0 Å². The minimum atomic E-state index is 0.170. The number of terminal acetylenes is 1. The first-order valence-electron chi connectivity index (χ1n) is 6.99. The number of nitrogens with zero attached hydrogens (tertiary/aromatic N) is 3. The Bertz CT molecular complexity index is 553. The number of para-hydroxylation sites is 1. The maximum absolute atomic E-state index is 5.36. The minimum absolute atomic E-state index is 0.170. The van der Waals surface area contributed by atoms with Gasteiger partial charge in [0.1, 0.15) is 5.69 Å². The van der Waals surface area contributed by atoms with Crippen molar-refractivity contribution >= 4 is 0 Å². The number of rotatable bonds is 7. The molecule has 2 rings (SSSR count). The standard InChI is InChI=1S/C16H20N4/c1-3-5-11-15(17-12-4-2)16-13-18-20(19-16)14-9-7-6-8-10-14/h1,6-10,13,15,17H,4-5,11-12H2,2H3. The Morgan fingerprint density at radius 1 is 1.35 bits per heavy atom. The van der Waals surface area contributed by atoms with Gasteiger partial charge < -0.3 is 5.32 Å². The lowest BCUT2D eigenvalue weighted by atomic mass is 10.1. The monoisotopic (exact) mass is 268 g/mol. The molecule has 104 valence electrons. The van der Waals surface area contributed by atoms with Crippen LogP contribution in [0, 0.1) is 12.3 Å². The smallest absolute Gasteiger partial charge is 0.100 e. The van der Waals surface area contributed by atoms with E-state index >= 15 is 0 Å². The maximum Gasteiger partial charge on any atom is 0.100 e. The number of nitrogens with one attached hydrogen (secondary N) is 1. The topological polar surface area (TPSA) is 42.7 Å². The molecule has 0 fully saturated rings. The second-order valence-electron chi connectivity index (χ2n) is 4.64. The van der Waals surface area contributed by atoms with Crippen molar-refractivity contribution in [3.8, 4) is 18.0 Å². The van der Waals surface area contributed by atoms with E-state index in [0.717, 1.165) is 37.2 Å².